The van der Waals surface area contributed by atoms with Crippen LogP contribution < -0.4 is 4.74 Å². The van der Waals surface area contributed by atoms with Gasteiger partial charge in [0.05, 0.1) is 11.0 Å². The largest absolute Gasteiger partial charge is 0.450 e. The lowest BCUT2D eigenvalue weighted by molar-refractivity contribution is -0.385. The first-order chi connectivity index (χ1) is 10.0. The lowest BCUT2D eigenvalue weighted by Gasteiger charge is -2.11. The zero-order valence-electron chi connectivity index (χ0n) is 11.9. The summed E-state index contributed by atoms with van der Waals surface area (Å²) in [5.74, 6) is 0.776. The maximum Gasteiger partial charge on any atom is 0.311 e. The van der Waals surface area contributed by atoms with Crippen molar-refractivity contribution in [3.8, 4) is 11.5 Å². The van der Waals surface area contributed by atoms with E-state index in [9.17, 15) is 15.2 Å². The van der Waals surface area contributed by atoms with Crippen molar-refractivity contribution in [3.63, 3.8) is 0 Å². The first-order valence-corrected chi connectivity index (χ1v) is 6.75. The average molecular weight is 287 g/mol. The van der Waals surface area contributed by atoms with Gasteiger partial charge in [-0.3, -0.25) is 10.1 Å². The molecule has 0 aliphatic carbocycles. The molecule has 5 nitrogen and oxygen atoms in total. The first kappa shape index (κ1) is 15.0. The van der Waals surface area contributed by atoms with Crippen molar-refractivity contribution in [1.82, 2.24) is 0 Å². The Morgan fingerprint density at radius 1 is 1.24 bits per heavy atom. The van der Waals surface area contributed by atoms with Gasteiger partial charge in [-0.25, -0.2) is 0 Å². The molecule has 0 fully saturated rings. The highest BCUT2D eigenvalue weighted by Crippen LogP contribution is 2.34. The monoisotopic (exact) mass is 287 g/mol. The molecule has 5 heteroatoms. The molecule has 1 atom stereocenters. The number of aliphatic hydroxyl groups excluding tert-OH is 1. The van der Waals surface area contributed by atoms with Crippen LogP contribution in [0.5, 0.6) is 11.5 Å². The third-order valence-corrected chi connectivity index (χ3v) is 3.24. The van der Waals surface area contributed by atoms with Crippen LogP contribution in [0.2, 0.25) is 0 Å². The highest BCUT2D eigenvalue weighted by Gasteiger charge is 2.18. The van der Waals surface area contributed by atoms with Gasteiger partial charge in [-0.1, -0.05) is 31.2 Å². The van der Waals surface area contributed by atoms with Crippen LogP contribution in [0.1, 0.15) is 31.1 Å². The number of nitro groups is 1. The minimum absolute atomic E-state index is 0.153. The third kappa shape index (κ3) is 3.38. The van der Waals surface area contributed by atoms with E-state index in [1.165, 1.54) is 12.1 Å². The topological polar surface area (TPSA) is 72.6 Å². The van der Waals surface area contributed by atoms with E-state index in [1.54, 1.807) is 19.1 Å². The Labute approximate surface area is 123 Å². The summed E-state index contributed by atoms with van der Waals surface area (Å²) in [5.41, 5.74) is 1.31. The van der Waals surface area contributed by atoms with Crippen molar-refractivity contribution in [2.75, 3.05) is 0 Å². The number of hydrogen-bond acceptors (Lipinski definition) is 4. The second-order valence-electron chi connectivity index (χ2n) is 4.72. The summed E-state index contributed by atoms with van der Waals surface area (Å²) < 4.78 is 5.70. The predicted octanol–water partition coefficient (Wildman–Crippen LogP) is 4.00. The number of ether oxygens (including phenoxy) is 1. The number of nitro benzene ring substituents is 1. The van der Waals surface area contributed by atoms with Crippen LogP contribution in [-0.2, 0) is 6.42 Å². The van der Waals surface area contributed by atoms with Crippen molar-refractivity contribution < 1.29 is 14.8 Å². The van der Waals surface area contributed by atoms with Crippen molar-refractivity contribution in [3.05, 3.63) is 63.7 Å². The molecule has 0 unspecified atom stereocenters. The Morgan fingerprint density at radius 2 is 1.95 bits per heavy atom. The van der Waals surface area contributed by atoms with Crippen molar-refractivity contribution in [2.24, 2.45) is 0 Å². The van der Waals surface area contributed by atoms with Crippen LogP contribution in [0.15, 0.2) is 42.5 Å². The van der Waals surface area contributed by atoms with Gasteiger partial charge in [-0.05, 0) is 36.6 Å². The maximum absolute atomic E-state index is 11.2. The lowest BCUT2D eigenvalue weighted by Crippen LogP contribution is -1.98. The molecule has 0 aliphatic heterocycles. The predicted molar refractivity (Wildman–Crippen MR) is 79.6 cm³/mol. The molecule has 110 valence electrons. The Hall–Kier alpha value is -2.40. The van der Waals surface area contributed by atoms with Gasteiger partial charge in [0.25, 0.3) is 0 Å². The van der Waals surface area contributed by atoms with Crippen LogP contribution in [0.4, 0.5) is 5.69 Å². The number of benzene rings is 2. The Bertz CT molecular complexity index is 652. The van der Waals surface area contributed by atoms with Gasteiger partial charge in [0.2, 0.25) is 5.75 Å². The maximum atomic E-state index is 11.2. The number of hydrogen-bond donors (Lipinski definition) is 1. The molecule has 0 bridgehead atoms. The Balaban J connectivity index is 2.42. The number of para-hydroxylation sites is 1. The van der Waals surface area contributed by atoms with Crippen molar-refractivity contribution >= 4 is 5.69 Å². The van der Waals surface area contributed by atoms with E-state index in [4.69, 9.17) is 4.74 Å². The quantitative estimate of drug-likeness (QED) is 0.666. The molecular formula is C16H17NO4. The Morgan fingerprint density at radius 3 is 2.57 bits per heavy atom. The van der Waals surface area contributed by atoms with Gasteiger partial charge in [0.1, 0.15) is 5.75 Å². The van der Waals surface area contributed by atoms with Crippen LogP contribution in [-0.4, -0.2) is 10.0 Å². The van der Waals surface area contributed by atoms with E-state index in [0.717, 1.165) is 12.0 Å². The Kier molecular flexibility index (Phi) is 4.55. The second-order valence-corrected chi connectivity index (χ2v) is 4.72. The van der Waals surface area contributed by atoms with Crippen molar-refractivity contribution in [2.45, 2.75) is 26.4 Å². The van der Waals surface area contributed by atoms with Gasteiger partial charge >= 0.3 is 5.69 Å². The van der Waals surface area contributed by atoms with Crippen molar-refractivity contribution in [1.29, 1.82) is 0 Å². The number of nitrogens with zero attached hydrogens (tertiary/aromatic N) is 1. The zero-order valence-corrected chi connectivity index (χ0v) is 11.9. The van der Waals surface area contributed by atoms with Crippen LogP contribution in [0.3, 0.4) is 0 Å². The highest BCUT2D eigenvalue weighted by atomic mass is 16.6. The first-order valence-electron chi connectivity index (χ1n) is 6.75. The van der Waals surface area contributed by atoms with Crippen LogP contribution in [0, 0.1) is 10.1 Å². The van der Waals surface area contributed by atoms with E-state index < -0.39 is 11.0 Å². The summed E-state index contributed by atoms with van der Waals surface area (Å²) >= 11 is 0. The minimum atomic E-state index is -0.763. The molecule has 2 rings (SSSR count). The van der Waals surface area contributed by atoms with Gasteiger partial charge in [-0.15, -0.1) is 0 Å². The normalized spacial score (nSPS) is 12.0. The van der Waals surface area contributed by atoms with E-state index in [-0.39, 0.29) is 11.4 Å². The van der Waals surface area contributed by atoms with Gasteiger partial charge in [0.15, 0.2) is 0 Å². The second kappa shape index (κ2) is 6.37. The van der Waals surface area contributed by atoms with Crippen LogP contribution >= 0.6 is 0 Å². The fourth-order valence-corrected chi connectivity index (χ4v) is 2.04. The molecule has 0 amide bonds. The van der Waals surface area contributed by atoms with Gasteiger partial charge in [0, 0.05) is 6.07 Å². The van der Waals surface area contributed by atoms with E-state index in [0.29, 0.717) is 11.3 Å². The fourth-order valence-electron chi connectivity index (χ4n) is 2.04. The number of rotatable bonds is 5. The molecule has 0 aromatic heterocycles. The molecule has 0 heterocycles. The molecular weight excluding hydrogens is 270 g/mol. The summed E-state index contributed by atoms with van der Waals surface area (Å²) in [6, 6.07) is 11.9. The summed E-state index contributed by atoms with van der Waals surface area (Å²) in [4.78, 5) is 10.7. The standard InChI is InChI=1S/C16H17NO4/c1-3-12-6-4-5-7-15(12)21-16-9-8-13(11(2)18)10-14(16)17(19)20/h4-11,18H,3H2,1-2H3/t11-/m0/s1. The highest BCUT2D eigenvalue weighted by molar-refractivity contribution is 5.51. The summed E-state index contributed by atoms with van der Waals surface area (Å²) in [5, 5.41) is 20.7. The molecule has 2 aromatic rings. The van der Waals surface area contributed by atoms with Crippen LogP contribution in [0.25, 0.3) is 0 Å². The van der Waals surface area contributed by atoms with E-state index in [2.05, 4.69) is 0 Å². The lowest BCUT2D eigenvalue weighted by atomic mass is 10.1. The fraction of sp³-hybridized carbons (Fsp3) is 0.250. The molecule has 0 saturated carbocycles. The minimum Gasteiger partial charge on any atom is -0.450 e. The summed E-state index contributed by atoms with van der Waals surface area (Å²) in [7, 11) is 0. The smallest absolute Gasteiger partial charge is 0.311 e. The molecule has 0 aliphatic rings. The van der Waals surface area contributed by atoms with Gasteiger partial charge in [-0.2, -0.15) is 0 Å². The third-order valence-electron chi connectivity index (χ3n) is 3.24. The molecule has 21 heavy (non-hydrogen) atoms. The number of aliphatic hydroxyl groups is 1. The zero-order chi connectivity index (χ0) is 15.4. The molecule has 0 spiro atoms. The summed E-state index contributed by atoms with van der Waals surface area (Å²) in [6.45, 7) is 3.55. The molecule has 0 saturated heterocycles. The summed E-state index contributed by atoms with van der Waals surface area (Å²) in [6.07, 6.45) is 0.0103. The SMILES string of the molecule is CCc1ccccc1Oc1ccc([C@H](C)O)cc1[N+](=O)[O-]. The number of aryl methyl sites for hydroxylation is 1. The average Bonchev–Trinajstić information content (AvgIpc) is 2.47. The molecule has 1 N–H and O–H groups in total. The molecule has 2 aromatic carbocycles. The molecule has 0 radical (unpaired) electrons. The van der Waals surface area contributed by atoms with Gasteiger partial charge < -0.3 is 9.84 Å². The van der Waals surface area contributed by atoms with E-state index in [1.807, 2.05) is 25.1 Å². The van der Waals surface area contributed by atoms with E-state index >= 15 is 0 Å².